The van der Waals surface area contributed by atoms with Crippen molar-refractivity contribution in [3.63, 3.8) is 0 Å². The van der Waals surface area contributed by atoms with Crippen LogP contribution < -0.4 is 10.6 Å². The standard InChI is InChI=1S/C19H23ClN4O.ClH/c20-15-3-1-13(2-4-15)12-24-18(7-8-21-24)23-19(25)11-14-9-16-5-6-17(10-14)22-16;/h1-4,7-8,14,16-17,22H,5-6,9-12H2,(H,23,25);1H. The van der Waals surface area contributed by atoms with Crippen molar-refractivity contribution in [2.75, 3.05) is 5.32 Å². The van der Waals surface area contributed by atoms with E-state index in [1.54, 1.807) is 6.20 Å². The Morgan fingerprint density at radius 3 is 2.58 bits per heavy atom. The number of fused-ring (bicyclic) bond motifs is 2. The van der Waals surface area contributed by atoms with E-state index in [1.807, 2.05) is 35.0 Å². The van der Waals surface area contributed by atoms with Gasteiger partial charge < -0.3 is 10.6 Å². The van der Waals surface area contributed by atoms with Crippen molar-refractivity contribution >= 4 is 35.7 Å². The second-order valence-corrected chi connectivity index (χ2v) is 7.66. The van der Waals surface area contributed by atoms with Crippen LogP contribution in [0.15, 0.2) is 36.5 Å². The average molecular weight is 395 g/mol. The van der Waals surface area contributed by atoms with E-state index in [-0.39, 0.29) is 18.3 Å². The first-order valence-electron chi connectivity index (χ1n) is 8.98. The molecule has 4 rings (SSSR count). The van der Waals surface area contributed by atoms with Crippen LogP contribution in [0.2, 0.25) is 5.02 Å². The monoisotopic (exact) mass is 394 g/mol. The molecule has 2 saturated heterocycles. The van der Waals surface area contributed by atoms with Crippen molar-refractivity contribution in [3.05, 3.63) is 47.1 Å². The molecule has 2 atom stereocenters. The van der Waals surface area contributed by atoms with Crippen molar-refractivity contribution in [1.82, 2.24) is 15.1 Å². The summed E-state index contributed by atoms with van der Waals surface area (Å²) in [5.74, 6) is 1.33. The van der Waals surface area contributed by atoms with Gasteiger partial charge in [-0.15, -0.1) is 12.4 Å². The lowest BCUT2D eigenvalue weighted by Crippen LogP contribution is -2.39. The van der Waals surface area contributed by atoms with Gasteiger partial charge in [0.2, 0.25) is 5.91 Å². The number of amides is 1. The number of nitrogens with one attached hydrogen (secondary N) is 2. The van der Waals surface area contributed by atoms with Crippen molar-refractivity contribution in [2.24, 2.45) is 5.92 Å². The van der Waals surface area contributed by atoms with Crippen LogP contribution in [-0.4, -0.2) is 27.8 Å². The highest BCUT2D eigenvalue weighted by Crippen LogP contribution is 2.32. The Morgan fingerprint density at radius 2 is 1.88 bits per heavy atom. The first kappa shape index (κ1) is 19.2. The average Bonchev–Trinajstić information content (AvgIpc) is 3.16. The number of piperidine rings is 1. The highest BCUT2D eigenvalue weighted by molar-refractivity contribution is 6.30. The summed E-state index contributed by atoms with van der Waals surface area (Å²) in [6.45, 7) is 0.608. The second-order valence-electron chi connectivity index (χ2n) is 7.23. The third-order valence-electron chi connectivity index (χ3n) is 5.27. The Labute approximate surface area is 164 Å². The zero-order valence-corrected chi connectivity index (χ0v) is 16.1. The number of halogens is 2. The maximum Gasteiger partial charge on any atom is 0.225 e. The van der Waals surface area contributed by atoms with Crippen molar-refractivity contribution in [1.29, 1.82) is 0 Å². The van der Waals surface area contributed by atoms with E-state index in [0.29, 0.717) is 36.0 Å². The highest BCUT2D eigenvalue weighted by atomic mass is 35.5. The van der Waals surface area contributed by atoms with Gasteiger partial charge in [0.15, 0.2) is 0 Å². The van der Waals surface area contributed by atoms with Gasteiger partial charge in [-0.05, 0) is 49.3 Å². The Morgan fingerprint density at radius 1 is 1.19 bits per heavy atom. The molecule has 140 valence electrons. The molecule has 1 aromatic carbocycles. The number of benzene rings is 1. The first-order chi connectivity index (χ1) is 12.2. The number of carbonyl (C=O) groups excluding carboxylic acids is 1. The molecule has 2 aromatic rings. The first-order valence-corrected chi connectivity index (χ1v) is 9.35. The third-order valence-corrected chi connectivity index (χ3v) is 5.53. The van der Waals surface area contributed by atoms with Crippen LogP contribution >= 0.6 is 24.0 Å². The molecule has 1 aromatic heterocycles. The summed E-state index contributed by atoms with van der Waals surface area (Å²) in [5.41, 5.74) is 1.10. The van der Waals surface area contributed by atoms with Crippen LogP contribution in [0.4, 0.5) is 5.82 Å². The van der Waals surface area contributed by atoms with Crippen LogP contribution in [-0.2, 0) is 11.3 Å². The second kappa shape index (κ2) is 8.42. The van der Waals surface area contributed by atoms with Crippen molar-refractivity contribution in [3.8, 4) is 0 Å². The smallest absolute Gasteiger partial charge is 0.225 e. The van der Waals surface area contributed by atoms with E-state index >= 15 is 0 Å². The largest absolute Gasteiger partial charge is 0.311 e. The molecular weight excluding hydrogens is 371 g/mol. The summed E-state index contributed by atoms with van der Waals surface area (Å²) >= 11 is 5.93. The lowest BCUT2D eigenvalue weighted by molar-refractivity contribution is -0.117. The maximum absolute atomic E-state index is 12.5. The fourth-order valence-corrected chi connectivity index (χ4v) is 4.25. The molecule has 2 bridgehead atoms. The highest BCUT2D eigenvalue weighted by Gasteiger charge is 2.34. The minimum Gasteiger partial charge on any atom is -0.311 e. The number of hydrogen-bond donors (Lipinski definition) is 2. The fraction of sp³-hybridized carbons (Fsp3) is 0.474. The van der Waals surface area contributed by atoms with E-state index < -0.39 is 0 Å². The van der Waals surface area contributed by atoms with Gasteiger partial charge >= 0.3 is 0 Å². The Balaban J connectivity index is 0.00000196. The Kier molecular flexibility index (Phi) is 6.22. The molecule has 0 spiro atoms. The molecule has 7 heteroatoms. The van der Waals surface area contributed by atoms with Gasteiger partial charge in [-0.25, -0.2) is 4.68 Å². The molecule has 0 radical (unpaired) electrons. The molecule has 2 fully saturated rings. The molecule has 2 N–H and O–H groups in total. The van der Waals surface area contributed by atoms with Gasteiger partial charge in [-0.2, -0.15) is 5.10 Å². The van der Waals surface area contributed by atoms with E-state index in [0.717, 1.165) is 24.2 Å². The number of hydrogen-bond acceptors (Lipinski definition) is 3. The molecular formula is C19H24Cl2N4O. The lowest BCUT2D eigenvalue weighted by Gasteiger charge is -2.28. The van der Waals surface area contributed by atoms with E-state index in [1.165, 1.54) is 12.8 Å². The maximum atomic E-state index is 12.5. The van der Waals surface area contributed by atoms with Gasteiger partial charge in [0, 0.05) is 29.6 Å². The third kappa shape index (κ3) is 4.58. The SMILES string of the molecule is Cl.O=C(CC1CC2CCC(C1)N2)Nc1ccnn1Cc1ccc(Cl)cc1. The zero-order valence-electron chi connectivity index (χ0n) is 14.5. The van der Waals surface area contributed by atoms with Gasteiger partial charge in [0.25, 0.3) is 0 Å². The molecule has 0 aliphatic carbocycles. The predicted molar refractivity (Wildman–Crippen MR) is 106 cm³/mol. The Hall–Kier alpha value is -1.56. The van der Waals surface area contributed by atoms with Gasteiger partial charge in [0.05, 0.1) is 12.7 Å². The number of aromatic nitrogens is 2. The molecule has 5 nitrogen and oxygen atoms in total. The van der Waals surface area contributed by atoms with Crippen LogP contribution in [0.5, 0.6) is 0 Å². The number of carbonyl (C=O) groups is 1. The summed E-state index contributed by atoms with van der Waals surface area (Å²) in [7, 11) is 0. The quantitative estimate of drug-likeness (QED) is 0.808. The molecule has 2 unspecified atom stereocenters. The summed E-state index contributed by atoms with van der Waals surface area (Å²) in [6, 6.07) is 10.8. The Bertz CT molecular complexity index is 734. The van der Waals surface area contributed by atoms with E-state index in [9.17, 15) is 4.79 Å². The fourth-order valence-electron chi connectivity index (χ4n) is 4.13. The van der Waals surface area contributed by atoms with Gasteiger partial charge in [-0.3, -0.25) is 4.79 Å². The zero-order chi connectivity index (χ0) is 17.2. The minimum absolute atomic E-state index is 0. The van der Waals surface area contributed by atoms with Crippen molar-refractivity contribution in [2.45, 2.75) is 50.7 Å². The molecule has 3 heterocycles. The molecule has 1 amide bonds. The molecule has 2 aliphatic heterocycles. The predicted octanol–water partition coefficient (Wildman–Crippen LogP) is 3.87. The number of rotatable bonds is 5. The van der Waals surface area contributed by atoms with Gasteiger partial charge in [0.1, 0.15) is 5.82 Å². The van der Waals surface area contributed by atoms with Crippen LogP contribution in [0.3, 0.4) is 0 Å². The van der Waals surface area contributed by atoms with Gasteiger partial charge in [-0.1, -0.05) is 23.7 Å². The number of nitrogens with zero attached hydrogens (tertiary/aromatic N) is 2. The van der Waals surface area contributed by atoms with Crippen LogP contribution in [0.25, 0.3) is 0 Å². The topological polar surface area (TPSA) is 59.0 Å². The van der Waals surface area contributed by atoms with E-state index in [4.69, 9.17) is 11.6 Å². The van der Waals surface area contributed by atoms with Crippen LogP contribution in [0.1, 0.15) is 37.7 Å². The summed E-state index contributed by atoms with van der Waals surface area (Å²) in [5, 5.41) is 11.7. The lowest BCUT2D eigenvalue weighted by atomic mass is 9.89. The summed E-state index contributed by atoms with van der Waals surface area (Å²) in [6.07, 6.45) is 7.08. The van der Waals surface area contributed by atoms with E-state index in [2.05, 4.69) is 15.7 Å². The summed E-state index contributed by atoms with van der Waals surface area (Å²) in [4.78, 5) is 12.5. The summed E-state index contributed by atoms with van der Waals surface area (Å²) < 4.78 is 1.81. The molecule has 2 aliphatic rings. The number of anilines is 1. The molecule has 0 saturated carbocycles. The van der Waals surface area contributed by atoms with Crippen molar-refractivity contribution < 1.29 is 4.79 Å². The normalized spacial score (nSPS) is 24.1. The minimum atomic E-state index is 0. The molecule has 26 heavy (non-hydrogen) atoms. The van der Waals surface area contributed by atoms with Crippen LogP contribution in [0, 0.1) is 5.92 Å².